The molecule has 0 spiro atoms. The first-order chi connectivity index (χ1) is 30.9. The van der Waals surface area contributed by atoms with E-state index >= 15 is 0 Å². The van der Waals surface area contributed by atoms with Gasteiger partial charge in [0.05, 0.1) is 46.7 Å². The molecule has 5 rings (SSSR count). The Balaban J connectivity index is 1.69. The van der Waals surface area contributed by atoms with Crippen molar-refractivity contribution in [2.75, 3.05) is 0 Å². The molecule has 0 aromatic heterocycles. The van der Waals surface area contributed by atoms with E-state index in [0.717, 1.165) is 161 Å². The van der Waals surface area contributed by atoms with Crippen LogP contribution in [0.1, 0.15) is 225 Å². The first-order valence-corrected chi connectivity index (χ1v) is 25.0. The molecule has 4 atom stereocenters. The summed E-state index contributed by atoms with van der Waals surface area (Å²) in [5.74, 6) is -1.97. The first-order valence-electron chi connectivity index (χ1n) is 25.0. The number of unbranched alkanes of at least 4 members (excludes halogenated alkanes) is 12. The molecule has 0 saturated carbocycles. The third kappa shape index (κ3) is 12.8. The highest BCUT2D eigenvalue weighted by Crippen LogP contribution is 2.45. The molecule has 0 radical (unpaired) electrons. The predicted molar refractivity (Wildman–Crippen MR) is 262 cm³/mol. The number of fused-ring (bicyclic) bond motifs is 2. The smallest absolute Gasteiger partial charge is 0.339 e. The summed E-state index contributed by atoms with van der Waals surface area (Å²) in [5, 5.41) is 5.47. The highest BCUT2D eigenvalue weighted by atomic mass is 16.6. The first kappa shape index (κ1) is 50.3. The van der Waals surface area contributed by atoms with Crippen LogP contribution in [0.4, 0.5) is 0 Å². The maximum atomic E-state index is 14.3. The molecule has 0 amide bonds. The van der Waals surface area contributed by atoms with Gasteiger partial charge in [0.15, 0.2) is 0 Å². The van der Waals surface area contributed by atoms with Crippen molar-refractivity contribution in [1.82, 2.24) is 0 Å². The average molecular weight is 877 g/mol. The molecule has 8 heteroatoms. The summed E-state index contributed by atoms with van der Waals surface area (Å²) in [6.45, 7) is 16.4. The highest BCUT2D eigenvalue weighted by molar-refractivity contribution is 6.38. The van der Waals surface area contributed by atoms with Crippen molar-refractivity contribution in [3.63, 3.8) is 0 Å². The minimum absolute atomic E-state index is 0.296. The Bertz CT molecular complexity index is 1990. The Morgan fingerprint density at radius 2 is 0.547 bits per heavy atom. The number of carbonyl (C=O) groups excluding carboxylic acids is 4. The van der Waals surface area contributed by atoms with Gasteiger partial charge in [-0.3, -0.25) is 0 Å². The maximum Gasteiger partial charge on any atom is 0.339 e. The van der Waals surface area contributed by atoms with Crippen LogP contribution in [0.2, 0.25) is 0 Å². The summed E-state index contributed by atoms with van der Waals surface area (Å²) in [6, 6.07) is 14.6. The Hall–Kier alpha value is -4.72. The lowest BCUT2D eigenvalue weighted by Crippen LogP contribution is -2.19. The number of carbonyl (C=O) groups is 4. The number of esters is 4. The standard InChI is InChI=1S/C56H76O8/c1-9-13-17-21-25-37(5)61-53(57)45-33-29-41-43-31-35-47(55(59)63-39(7)27-23-19-15-11-3)52-48(56(60)64-40(8)28-24-20-16-12-4)36-32-44(50(43)52)42-30-34-46(51(45)49(41)42)54(58)62-38(6)26-22-18-14-10-2/h29-40H,9-28H2,1-8H3. The van der Waals surface area contributed by atoms with Crippen LogP contribution >= 0.6 is 0 Å². The van der Waals surface area contributed by atoms with Gasteiger partial charge in [-0.15, -0.1) is 0 Å². The molecule has 0 aliphatic carbocycles. The molecular weight excluding hydrogens is 801 g/mol. The van der Waals surface area contributed by atoms with Crippen LogP contribution in [0.15, 0.2) is 48.5 Å². The van der Waals surface area contributed by atoms with Crippen LogP contribution in [0.5, 0.6) is 0 Å². The van der Waals surface area contributed by atoms with E-state index in [9.17, 15) is 19.2 Å². The summed E-state index contributed by atoms with van der Waals surface area (Å²) in [7, 11) is 0. The van der Waals surface area contributed by atoms with Gasteiger partial charge in [-0.1, -0.05) is 129 Å². The SMILES string of the molecule is CCCCCCC(C)OC(=O)c1ccc2c3ccc(C(=O)OC(C)CCCCCC)c4c(C(=O)OC(C)CCCCCC)ccc(c5ccc(C(=O)OC(C)CCCCCC)c1c25)c43. The van der Waals surface area contributed by atoms with E-state index in [-0.39, 0.29) is 24.4 Å². The number of rotatable bonds is 28. The fourth-order valence-electron chi connectivity index (χ4n) is 9.22. The lowest BCUT2D eigenvalue weighted by molar-refractivity contribution is 0.0303. The van der Waals surface area contributed by atoms with Crippen molar-refractivity contribution in [3.8, 4) is 0 Å². The van der Waals surface area contributed by atoms with Crippen molar-refractivity contribution in [2.45, 2.75) is 208 Å². The van der Waals surface area contributed by atoms with E-state index in [1.807, 2.05) is 52.0 Å². The molecule has 64 heavy (non-hydrogen) atoms. The number of hydrogen-bond acceptors (Lipinski definition) is 8. The molecule has 348 valence electrons. The van der Waals surface area contributed by atoms with Gasteiger partial charge < -0.3 is 18.9 Å². The Kier molecular flexibility index (Phi) is 19.7. The normalized spacial score (nSPS) is 13.6. The maximum absolute atomic E-state index is 14.3. The molecule has 0 aliphatic heterocycles. The van der Waals surface area contributed by atoms with E-state index in [2.05, 4.69) is 27.7 Å². The second-order valence-electron chi connectivity index (χ2n) is 18.4. The third-order valence-electron chi connectivity index (χ3n) is 12.9. The van der Waals surface area contributed by atoms with Crippen LogP contribution in [0.3, 0.4) is 0 Å². The van der Waals surface area contributed by atoms with Gasteiger partial charge in [-0.25, -0.2) is 19.2 Å². The van der Waals surface area contributed by atoms with E-state index < -0.39 is 23.9 Å². The number of benzene rings is 5. The molecule has 0 fully saturated rings. The topological polar surface area (TPSA) is 105 Å². The zero-order valence-corrected chi connectivity index (χ0v) is 40.3. The Labute approximate surface area is 382 Å². The van der Waals surface area contributed by atoms with Crippen molar-refractivity contribution < 1.29 is 38.1 Å². The van der Waals surface area contributed by atoms with E-state index in [4.69, 9.17) is 18.9 Å². The fraction of sp³-hybridized carbons (Fsp3) is 0.571. The third-order valence-corrected chi connectivity index (χ3v) is 12.9. The van der Waals surface area contributed by atoms with Gasteiger partial charge in [0.1, 0.15) is 0 Å². The molecule has 0 saturated heterocycles. The quantitative estimate of drug-likeness (QED) is 0.0161. The number of ether oxygens (including phenoxy) is 4. The molecule has 4 unspecified atom stereocenters. The summed E-state index contributed by atoms with van der Waals surface area (Å²) < 4.78 is 24.4. The monoisotopic (exact) mass is 877 g/mol. The van der Waals surface area contributed by atoms with Gasteiger partial charge >= 0.3 is 23.9 Å². The molecule has 5 aromatic rings. The number of hydrogen-bond donors (Lipinski definition) is 0. The summed E-state index contributed by atoms with van der Waals surface area (Å²) in [4.78, 5) is 57.0. The van der Waals surface area contributed by atoms with E-state index in [1.54, 1.807) is 24.3 Å². The lowest BCUT2D eigenvalue weighted by atomic mass is 9.84. The molecule has 0 heterocycles. The summed E-state index contributed by atoms with van der Waals surface area (Å²) >= 11 is 0. The van der Waals surface area contributed by atoms with Crippen molar-refractivity contribution in [1.29, 1.82) is 0 Å². The molecule has 0 bridgehead atoms. The van der Waals surface area contributed by atoms with Gasteiger partial charge in [-0.2, -0.15) is 0 Å². The van der Waals surface area contributed by atoms with Crippen molar-refractivity contribution >= 4 is 67.0 Å². The van der Waals surface area contributed by atoms with Crippen LogP contribution in [-0.4, -0.2) is 48.3 Å². The predicted octanol–water partition coefficient (Wildman–Crippen LogP) is 15.8. The van der Waals surface area contributed by atoms with Gasteiger partial charge in [0.2, 0.25) is 0 Å². The van der Waals surface area contributed by atoms with Crippen LogP contribution in [0.25, 0.3) is 43.1 Å². The zero-order valence-electron chi connectivity index (χ0n) is 40.3. The summed E-state index contributed by atoms with van der Waals surface area (Å²) in [5.41, 5.74) is 1.18. The van der Waals surface area contributed by atoms with Crippen LogP contribution < -0.4 is 0 Å². The lowest BCUT2D eigenvalue weighted by Gasteiger charge is -2.22. The second kappa shape index (κ2) is 25.1. The van der Waals surface area contributed by atoms with E-state index in [1.165, 1.54) is 0 Å². The zero-order chi connectivity index (χ0) is 46.2. The van der Waals surface area contributed by atoms with Crippen LogP contribution in [0, 0.1) is 0 Å². The molecule has 5 aromatic carbocycles. The Morgan fingerprint density at radius 3 is 0.750 bits per heavy atom. The fourth-order valence-corrected chi connectivity index (χ4v) is 9.22. The highest BCUT2D eigenvalue weighted by Gasteiger charge is 2.29. The summed E-state index contributed by atoms with van der Waals surface area (Å²) in [6.07, 6.45) is 18.9. The average Bonchev–Trinajstić information content (AvgIpc) is 3.27. The Morgan fingerprint density at radius 1 is 0.328 bits per heavy atom. The van der Waals surface area contributed by atoms with E-state index in [0.29, 0.717) is 33.0 Å². The van der Waals surface area contributed by atoms with Gasteiger partial charge in [0.25, 0.3) is 0 Å². The van der Waals surface area contributed by atoms with Crippen molar-refractivity contribution in [3.05, 3.63) is 70.8 Å². The van der Waals surface area contributed by atoms with Gasteiger partial charge in [0, 0.05) is 10.8 Å². The molecular formula is C56H76O8. The van der Waals surface area contributed by atoms with Crippen LogP contribution in [-0.2, 0) is 18.9 Å². The molecule has 0 N–H and O–H groups in total. The largest absolute Gasteiger partial charge is 0.459 e. The minimum Gasteiger partial charge on any atom is -0.459 e. The van der Waals surface area contributed by atoms with Gasteiger partial charge in [-0.05, 0) is 136 Å². The van der Waals surface area contributed by atoms with Crippen molar-refractivity contribution in [2.24, 2.45) is 0 Å². The second-order valence-corrected chi connectivity index (χ2v) is 18.4. The molecule has 8 nitrogen and oxygen atoms in total. The minimum atomic E-state index is -0.492. The molecule has 0 aliphatic rings.